The molecule has 1 aromatic carbocycles. The van der Waals surface area contributed by atoms with Crippen LogP contribution in [0.15, 0.2) is 30.3 Å². The van der Waals surface area contributed by atoms with Gasteiger partial charge in [0.15, 0.2) is 0 Å². The van der Waals surface area contributed by atoms with E-state index in [1.807, 2.05) is 37.3 Å². The molecule has 0 aliphatic heterocycles. The van der Waals surface area contributed by atoms with Crippen molar-refractivity contribution in [3.8, 4) is 0 Å². The van der Waals surface area contributed by atoms with Gasteiger partial charge in [0.1, 0.15) is 5.78 Å². The Hall–Kier alpha value is -1.84. The lowest BCUT2D eigenvalue weighted by atomic mass is 10.0. The van der Waals surface area contributed by atoms with Gasteiger partial charge in [0.2, 0.25) is 0 Å². The number of amides is 1. The summed E-state index contributed by atoms with van der Waals surface area (Å²) in [5, 5.41) is 2.72. The Balaban J connectivity index is 2.53. The second-order valence-corrected chi connectivity index (χ2v) is 4.45. The van der Waals surface area contributed by atoms with Crippen LogP contribution in [0.4, 0.5) is 4.79 Å². The van der Waals surface area contributed by atoms with Crippen molar-refractivity contribution in [2.24, 2.45) is 0 Å². The Kier molecular flexibility index (Phi) is 6.64. The highest BCUT2D eigenvalue weighted by Crippen LogP contribution is 2.09. The van der Waals surface area contributed by atoms with E-state index in [-0.39, 0.29) is 11.8 Å². The zero-order valence-electron chi connectivity index (χ0n) is 11.5. The largest absolute Gasteiger partial charge is 0.453 e. The number of Topliss-reactive ketones (excluding diaryl/α,β-unsaturated/α-hetero) is 1. The Morgan fingerprint density at radius 1 is 1.26 bits per heavy atom. The normalized spacial score (nSPS) is 11.7. The maximum atomic E-state index is 11.5. The predicted molar refractivity (Wildman–Crippen MR) is 74.0 cm³/mol. The molecule has 4 heteroatoms. The molecule has 4 nitrogen and oxygen atoms in total. The number of ether oxygens (including phenoxy) is 1. The van der Waals surface area contributed by atoms with E-state index in [2.05, 4.69) is 10.1 Å². The SMILES string of the molecule is CCC(=O)C[C@@H](CCc1ccccc1)NC(=O)OC. The van der Waals surface area contributed by atoms with Gasteiger partial charge in [0.25, 0.3) is 0 Å². The van der Waals surface area contributed by atoms with Crippen LogP contribution in [0.3, 0.4) is 0 Å². The van der Waals surface area contributed by atoms with E-state index in [0.29, 0.717) is 12.8 Å². The van der Waals surface area contributed by atoms with Crippen LogP contribution in [0, 0.1) is 0 Å². The molecule has 1 atom stereocenters. The summed E-state index contributed by atoms with van der Waals surface area (Å²) >= 11 is 0. The summed E-state index contributed by atoms with van der Waals surface area (Å²) in [6.07, 6.45) is 1.92. The Labute approximate surface area is 114 Å². The fourth-order valence-corrected chi connectivity index (χ4v) is 1.86. The molecule has 1 N–H and O–H groups in total. The van der Waals surface area contributed by atoms with Crippen molar-refractivity contribution in [1.29, 1.82) is 0 Å². The van der Waals surface area contributed by atoms with Crippen LogP contribution in [0.5, 0.6) is 0 Å². The van der Waals surface area contributed by atoms with E-state index in [0.717, 1.165) is 12.8 Å². The third-order valence-electron chi connectivity index (χ3n) is 3.00. The first-order valence-corrected chi connectivity index (χ1v) is 6.55. The molecule has 0 aliphatic carbocycles. The summed E-state index contributed by atoms with van der Waals surface area (Å²) in [5.74, 6) is 0.148. The lowest BCUT2D eigenvalue weighted by molar-refractivity contribution is -0.119. The summed E-state index contributed by atoms with van der Waals surface area (Å²) in [7, 11) is 1.32. The lowest BCUT2D eigenvalue weighted by Crippen LogP contribution is -2.36. The van der Waals surface area contributed by atoms with Gasteiger partial charge in [0, 0.05) is 18.9 Å². The molecule has 1 aromatic rings. The first kappa shape index (κ1) is 15.2. The number of hydrogen-bond acceptors (Lipinski definition) is 3. The minimum atomic E-state index is -0.484. The topological polar surface area (TPSA) is 55.4 Å². The minimum Gasteiger partial charge on any atom is -0.453 e. The molecule has 19 heavy (non-hydrogen) atoms. The fourth-order valence-electron chi connectivity index (χ4n) is 1.86. The molecule has 0 heterocycles. The number of rotatable bonds is 7. The average molecular weight is 263 g/mol. The van der Waals surface area contributed by atoms with Crippen LogP contribution in [0.2, 0.25) is 0 Å². The molecule has 0 bridgehead atoms. The standard InChI is InChI=1S/C15H21NO3/c1-3-14(17)11-13(16-15(18)19-2)10-9-12-7-5-4-6-8-12/h4-8,13H,3,9-11H2,1-2H3,(H,16,18)/t13-/m1/s1. The van der Waals surface area contributed by atoms with E-state index in [4.69, 9.17) is 0 Å². The molecule has 0 fully saturated rings. The highest BCUT2D eigenvalue weighted by molar-refractivity contribution is 5.79. The van der Waals surface area contributed by atoms with Crippen molar-refractivity contribution in [3.05, 3.63) is 35.9 Å². The average Bonchev–Trinajstić information content (AvgIpc) is 2.45. The van der Waals surface area contributed by atoms with Crippen LogP contribution in [0.25, 0.3) is 0 Å². The van der Waals surface area contributed by atoms with Gasteiger partial charge in [-0.2, -0.15) is 0 Å². The number of hydrogen-bond donors (Lipinski definition) is 1. The number of methoxy groups -OCH3 is 1. The molecule has 0 radical (unpaired) electrons. The minimum absolute atomic E-state index is 0.148. The summed E-state index contributed by atoms with van der Waals surface area (Å²) < 4.78 is 4.59. The van der Waals surface area contributed by atoms with Crippen molar-refractivity contribution >= 4 is 11.9 Å². The maximum Gasteiger partial charge on any atom is 0.407 e. The van der Waals surface area contributed by atoms with Gasteiger partial charge in [-0.15, -0.1) is 0 Å². The van der Waals surface area contributed by atoms with Crippen molar-refractivity contribution in [2.45, 2.75) is 38.6 Å². The summed E-state index contributed by atoms with van der Waals surface area (Å²) in [4.78, 5) is 22.8. The summed E-state index contributed by atoms with van der Waals surface area (Å²) in [5.41, 5.74) is 1.20. The first-order chi connectivity index (χ1) is 9.15. The molecular weight excluding hydrogens is 242 g/mol. The zero-order chi connectivity index (χ0) is 14.1. The molecule has 0 aromatic heterocycles. The van der Waals surface area contributed by atoms with Crippen molar-refractivity contribution in [3.63, 3.8) is 0 Å². The van der Waals surface area contributed by atoms with Crippen LogP contribution in [0.1, 0.15) is 31.7 Å². The summed E-state index contributed by atoms with van der Waals surface area (Å²) in [6.45, 7) is 1.83. The third kappa shape index (κ3) is 6.04. The number of ketones is 1. The van der Waals surface area contributed by atoms with Crippen LogP contribution >= 0.6 is 0 Å². The number of alkyl carbamates (subject to hydrolysis) is 1. The Morgan fingerprint density at radius 3 is 2.53 bits per heavy atom. The van der Waals surface area contributed by atoms with Crippen LogP contribution < -0.4 is 5.32 Å². The second-order valence-electron chi connectivity index (χ2n) is 4.45. The Bertz CT molecular complexity index is 385. The molecule has 0 saturated heterocycles. The molecule has 0 spiro atoms. The van der Waals surface area contributed by atoms with Gasteiger partial charge in [-0.25, -0.2) is 4.79 Å². The monoisotopic (exact) mass is 263 g/mol. The smallest absolute Gasteiger partial charge is 0.407 e. The third-order valence-corrected chi connectivity index (χ3v) is 3.00. The van der Waals surface area contributed by atoms with Crippen LogP contribution in [-0.2, 0) is 16.0 Å². The van der Waals surface area contributed by atoms with E-state index in [1.165, 1.54) is 12.7 Å². The number of carbonyl (C=O) groups is 2. The molecule has 1 rings (SSSR count). The van der Waals surface area contributed by atoms with E-state index < -0.39 is 6.09 Å². The second kappa shape index (κ2) is 8.29. The van der Waals surface area contributed by atoms with Gasteiger partial charge in [-0.05, 0) is 18.4 Å². The quantitative estimate of drug-likeness (QED) is 0.823. The highest BCUT2D eigenvalue weighted by Gasteiger charge is 2.15. The fraction of sp³-hybridized carbons (Fsp3) is 0.467. The molecule has 1 amide bonds. The molecule has 104 valence electrons. The molecule has 0 unspecified atom stereocenters. The number of benzene rings is 1. The summed E-state index contributed by atoms with van der Waals surface area (Å²) in [6, 6.07) is 9.84. The van der Waals surface area contributed by atoms with E-state index >= 15 is 0 Å². The lowest BCUT2D eigenvalue weighted by Gasteiger charge is -2.17. The maximum absolute atomic E-state index is 11.5. The molecular formula is C15H21NO3. The van der Waals surface area contributed by atoms with Crippen molar-refractivity contribution < 1.29 is 14.3 Å². The van der Waals surface area contributed by atoms with E-state index in [9.17, 15) is 9.59 Å². The first-order valence-electron chi connectivity index (χ1n) is 6.55. The van der Waals surface area contributed by atoms with Crippen LogP contribution in [-0.4, -0.2) is 25.0 Å². The van der Waals surface area contributed by atoms with Crippen molar-refractivity contribution in [1.82, 2.24) is 5.32 Å². The van der Waals surface area contributed by atoms with Gasteiger partial charge < -0.3 is 10.1 Å². The van der Waals surface area contributed by atoms with Gasteiger partial charge in [-0.3, -0.25) is 4.79 Å². The van der Waals surface area contributed by atoms with E-state index in [1.54, 1.807) is 0 Å². The zero-order valence-corrected chi connectivity index (χ0v) is 11.5. The van der Waals surface area contributed by atoms with Crippen molar-refractivity contribution in [2.75, 3.05) is 7.11 Å². The molecule has 0 aliphatic rings. The van der Waals surface area contributed by atoms with Gasteiger partial charge in [-0.1, -0.05) is 37.3 Å². The molecule has 0 saturated carbocycles. The highest BCUT2D eigenvalue weighted by atomic mass is 16.5. The van der Waals surface area contributed by atoms with Gasteiger partial charge >= 0.3 is 6.09 Å². The Morgan fingerprint density at radius 2 is 1.95 bits per heavy atom. The number of carbonyl (C=O) groups excluding carboxylic acids is 2. The van der Waals surface area contributed by atoms with Gasteiger partial charge in [0.05, 0.1) is 7.11 Å². The predicted octanol–water partition coefficient (Wildman–Crippen LogP) is 2.71. The number of nitrogens with one attached hydrogen (secondary N) is 1. The number of aryl methyl sites for hydroxylation is 1.